The maximum Gasteiger partial charge on any atom is 0.119 e. The van der Waals surface area contributed by atoms with Crippen molar-refractivity contribution in [3.05, 3.63) is 65.7 Å². The molecule has 1 N–H and O–H groups in total. The van der Waals surface area contributed by atoms with E-state index in [1.165, 1.54) is 44.1 Å². The lowest BCUT2D eigenvalue weighted by Gasteiger charge is -2.41. The molecule has 1 fully saturated rings. The molecule has 1 saturated heterocycles. The third kappa shape index (κ3) is 6.83. The Morgan fingerprint density at radius 1 is 0.875 bits per heavy atom. The minimum atomic E-state index is -0.893. The van der Waals surface area contributed by atoms with Gasteiger partial charge in [-0.15, -0.1) is 0 Å². The first-order valence-electron chi connectivity index (χ1n) is 12.9. The molecule has 0 aromatic heterocycles. The van der Waals surface area contributed by atoms with Gasteiger partial charge in [0.05, 0.1) is 12.2 Å². The van der Waals surface area contributed by atoms with Crippen LogP contribution in [-0.2, 0) is 5.60 Å². The minimum Gasteiger partial charge on any atom is -0.494 e. The Morgan fingerprint density at radius 3 is 2.25 bits per heavy atom. The number of hydrogen-bond donors (Lipinski definition) is 1. The van der Waals surface area contributed by atoms with Gasteiger partial charge in [-0.1, -0.05) is 88.4 Å². The van der Waals surface area contributed by atoms with Crippen LogP contribution in [-0.4, -0.2) is 36.2 Å². The zero-order chi connectivity index (χ0) is 22.7. The molecule has 0 amide bonds. The molecule has 1 aliphatic heterocycles. The van der Waals surface area contributed by atoms with E-state index in [-0.39, 0.29) is 5.92 Å². The molecule has 176 valence electrons. The van der Waals surface area contributed by atoms with Crippen LogP contribution in [0, 0.1) is 0 Å². The number of piperidine rings is 1. The molecule has 3 heteroatoms. The maximum atomic E-state index is 12.4. The summed E-state index contributed by atoms with van der Waals surface area (Å²) in [6.45, 7) is 8.27. The second-order valence-corrected chi connectivity index (χ2v) is 9.43. The number of nitrogens with zero attached hydrogens (tertiary/aromatic N) is 1. The summed E-state index contributed by atoms with van der Waals surface area (Å²) in [5.74, 6) is 0.932. The van der Waals surface area contributed by atoms with Crippen LogP contribution in [0.2, 0.25) is 0 Å². The van der Waals surface area contributed by atoms with Gasteiger partial charge in [0.1, 0.15) is 5.75 Å². The molecule has 0 bridgehead atoms. The lowest BCUT2D eigenvalue weighted by atomic mass is 9.73. The Bertz CT molecular complexity index is 754. The maximum absolute atomic E-state index is 12.4. The van der Waals surface area contributed by atoms with Crippen molar-refractivity contribution in [3.8, 4) is 5.75 Å². The summed E-state index contributed by atoms with van der Waals surface area (Å²) in [5.41, 5.74) is 1.36. The minimum absolute atomic E-state index is 0.0471. The zero-order valence-corrected chi connectivity index (χ0v) is 20.3. The summed E-state index contributed by atoms with van der Waals surface area (Å²) in [7, 11) is 0. The topological polar surface area (TPSA) is 32.7 Å². The summed E-state index contributed by atoms with van der Waals surface area (Å²) in [4.78, 5) is 2.57. The van der Waals surface area contributed by atoms with E-state index >= 15 is 0 Å². The quantitative estimate of drug-likeness (QED) is 0.346. The third-order valence-corrected chi connectivity index (χ3v) is 6.91. The van der Waals surface area contributed by atoms with Crippen molar-refractivity contribution in [1.82, 2.24) is 4.90 Å². The number of unbranched alkanes of at least 4 members (excludes halogenated alkanes) is 3. The number of likely N-dealkylation sites (tertiary alicyclic amines) is 1. The standard InChI is InChI=1S/C29H43NO2/c1-3-5-6-11-20-29(31,26-16-18-27(19-17-26)32-23-4-2)28(25-14-9-7-10-15-25)24-30-21-12-8-13-22-30/h7,9-10,14-19,28,31H,3-6,8,11-13,20-24H2,1-2H3. The zero-order valence-electron chi connectivity index (χ0n) is 20.3. The molecule has 2 aromatic carbocycles. The van der Waals surface area contributed by atoms with E-state index in [1.54, 1.807) is 0 Å². The number of ether oxygens (including phenoxy) is 1. The monoisotopic (exact) mass is 437 g/mol. The predicted octanol–water partition coefficient (Wildman–Crippen LogP) is 6.90. The highest BCUT2D eigenvalue weighted by Crippen LogP contribution is 2.42. The van der Waals surface area contributed by atoms with Gasteiger partial charge in [-0.05, 0) is 62.0 Å². The van der Waals surface area contributed by atoms with Gasteiger partial charge in [0, 0.05) is 12.5 Å². The van der Waals surface area contributed by atoms with E-state index in [4.69, 9.17) is 4.74 Å². The van der Waals surface area contributed by atoms with Gasteiger partial charge in [-0.25, -0.2) is 0 Å². The van der Waals surface area contributed by atoms with Gasteiger partial charge in [-0.3, -0.25) is 0 Å². The summed E-state index contributed by atoms with van der Waals surface area (Å²) in [6.07, 6.45) is 10.3. The van der Waals surface area contributed by atoms with E-state index in [9.17, 15) is 5.11 Å². The smallest absolute Gasteiger partial charge is 0.119 e. The van der Waals surface area contributed by atoms with Gasteiger partial charge in [0.15, 0.2) is 0 Å². The van der Waals surface area contributed by atoms with Crippen LogP contribution in [0.1, 0.15) is 88.7 Å². The first-order valence-corrected chi connectivity index (χ1v) is 12.9. The number of rotatable bonds is 13. The van der Waals surface area contributed by atoms with Crippen LogP contribution in [0.3, 0.4) is 0 Å². The molecule has 2 unspecified atom stereocenters. The highest BCUT2D eigenvalue weighted by molar-refractivity contribution is 5.35. The molecule has 0 aliphatic carbocycles. The third-order valence-electron chi connectivity index (χ3n) is 6.91. The Hall–Kier alpha value is -1.84. The molecule has 0 saturated carbocycles. The SMILES string of the molecule is CCCCCCC(O)(c1ccc(OCCC)cc1)C(CN1CCCCC1)c1ccccc1. The van der Waals surface area contributed by atoms with E-state index in [0.717, 1.165) is 56.8 Å². The van der Waals surface area contributed by atoms with Gasteiger partial charge in [-0.2, -0.15) is 0 Å². The van der Waals surface area contributed by atoms with Crippen LogP contribution >= 0.6 is 0 Å². The summed E-state index contributed by atoms with van der Waals surface area (Å²) in [5, 5.41) is 12.4. The first-order chi connectivity index (χ1) is 15.7. The van der Waals surface area contributed by atoms with E-state index in [0.29, 0.717) is 0 Å². The van der Waals surface area contributed by atoms with Crippen molar-refractivity contribution in [1.29, 1.82) is 0 Å². The highest BCUT2D eigenvalue weighted by atomic mass is 16.5. The van der Waals surface area contributed by atoms with Crippen molar-refractivity contribution in [2.24, 2.45) is 0 Å². The molecule has 2 atom stereocenters. The Labute approximate surface area is 195 Å². The van der Waals surface area contributed by atoms with Crippen LogP contribution in [0.5, 0.6) is 5.75 Å². The molecule has 3 nitrogen and oxygen atoms in total. The van der Waals surface area contributed by atoms with Crippen molar-refractivity contribution < 1.29 is 9.84 Å². The predicted molar refractivity (Wildman–Crippen MR) is 134 cm³/mol. The lowest BCUT2D eigenvalue weighted by Crippen LogP contribution is -2.42. The van der Waals surface area contributed by atoms with Gasteiger partial charge in [0.25, 0.3) is 0 Å². The Morgan fingerprint density at radius 2 is 1.59 bits per heavy atom. The van der Waals surface area contributed by atoms with Crippen molar-refractivity contribution >= 4 is 0 Å². The van der Waals surface area contributed by atoms with Crippen molar-refractivity contribution in [2.45, 2.75) is 83.2 Å². The van der Waals surface area contributed by atoms with Crippen molar-refractivity contribution in [2.75, 3.05) is 26.2 Å². The van der Waals surface area contributed by atoms with Crippen LogP contribution < -0.4 is 4.74 Å². The molecule has 0 radical (unpaired) electrons. The van der Waals surface area contributed by atoms with E-state index in [2.05, 4.69) is 61.2 Å². The summed E-state index contributed by atoms with van der Waals surface area (Å²) in [6, 6.07) is 18.9. The fourth-order valence-electron chi connectivity index (χ4n) is 5.02. The second kappa shape index (κ2) is 13.0. The molecule has 1 heterocycles. The van der Waals surface area contributed by atoms with Crippen LogP contribution in [0.25, 0.3) is 0 Å². The largest absolute Gasteiger partial charge is 0.494 e. The molecular formula is C29H43NO2. The Balaban J connectivity index is 1.92. The fourth-order valence-corrected chi connectivity index (χ4v) is 5.02. The highest BCUT2D eigenvalue weighted by Gasteiger charge is 2.40. The molecule has 1 aliphatic rings. The number of hydrogen-bond acceptors (Lipinski definition) is 3. The summed E-state index contributed by atoms with van der Waals surface area (Å²) < 4.78 is 5.81. The second-order valence-electron chi connectivity index (χ2n) is 9.43. The first kappa shape index (κ1) is 24.8. The molecule has 0 spiro atoms. The lowest BCUT2D eigenvalue weighted by molar-refractivity contribution is -0.0167. The fraction of sp³-hybridized carbons (Fsp3) is 0.586. The molecular weight excluding hydrogens is 394 g/mol. The summed E-state index contributed by atoms with van der Waals surface area (Å²) >= 11 is 0. The van der Waals surface area contributed by atoms with Gasteiger partial charge >= 0.3 is 0 Å². The van der Waals surface area contributed by atoms with Crippen LogP contribution in [0.15, 0.2) is 54.6 Å². The van der Waals surface area contributed by atoms with Gasteiger partial charge < -0.3 is 14.7 Å². The van der Waals surface area contributed by atoms with E-state index in [1.807, 2.05) is 12.1 Å². The Kier molecular flexibility index (Phi) is 10.1. The molecule has 32 heavy (non-hydrogen) atoms. The normalized spacial score (nSPS) is 17.6. The van der Waals surface area contributed by atoms with Gasteiger partial charge in [0.2, 0.25) is 0 Å². The molecule has 2 aromatic rings. The van der Waals surface area contributed by atoms with Crippen LogP contribution in [0.4, 0.5) is 0 Å². The number of aliphatic hydroxyl groups is 1. The average molecular weight is 438 g/mol. The average Bonchev–Trinajstić information content (AvgIpc) is 2.85. The molecule has 3 rings (SSSR count). The van der Waals surface area contributed by atoms with Crippen molar-refractivity contribution in [3.63, 3.8) is 0 Å². The number of benzene rings is 2. The van der Waals surface area contributed by atoms with E-state index < -0.39 is 5.60 Å².